The maximum absolute atomic E-state index is 13.4. The molecular weight excluding hydrogens is 764 g/mol. The van der Waals surface area contributed by atoms with Gasteiger partial charge in [0.2, 0.25) is 5.91 Å². The molecule has 59 heavy (non-hydrogen) atoms. The maximum atomic E-state index is 13.4. The van der Waals surface area contributed by atoms with Crippen molar-refractivity contribution in [3.63, 3.8) is 0 Å². The number of aliphatic hydroxyl groups excluding tert-OH is 2. The van der Waals surface area contributed by atoms with Crippen molar-refractivity contribution in [1.29, 1.82) is 0 Å². The van der Waals surface area contributed by atoms with Crippen LogP contribution in [0.1, 0.15) is 102 Å². The topological polar surface area (TPSA) is 246 Å². The first-order valence-corrected chi connectivity index (χ1v) is 21.0. The summed E-state index contributed by atoms with van der Waals surface area (Å²) in [6, 6.07) is 6.82. The Bertz CT molecular complexity index is 1920. The number of hydrogen-bond donors (Lipinski definition) is 6. The Hall–Kier alpha value is -4.19. The summed E-state index contributed by atoms with van der Waals surface area (Å²) in [4.78, 5) is 48.2. The summed E-state index contributed by atoms with van der Waals surface area (Å²) >= 11 is 0. The number of nitro benzene ring substituents is 1. The number of carbonyl (C=O) groups is 2. The monoisotopic (exact) mass is 822 g/mol. The van der Waals surface area contributed by atoms with Gasteiger partial charge >= 0.3 is 11.7 Å². The van der Waals surface area contributed by atoms with Crippen LogP contribution in [0, 0.1) is 32.8 Å². The number of allylic oxidation sites excluding steroid dienone is 1. The number of amides is 2. The summed E-state index contributed by atoms with van der Waals surface area (Å²) in [6.07, 6.45) is 6.39. The second-order valence-corrected chi connectivity index (χ2v) is 17.7. The highest BCUT2D eigenvalue weighted by molar-refractivity contribution is 5.85. The van der Waals surface area contributed by atoms with Crippen LogP contribution >= 0.6 is 0 Å². The van der Waals surface area contributed by atoms with E-state index in [-0.39, 0.29) is 59.7 Å². The molecule has 2 heterocycles. The average Bonchev–Trinajstić information content (AvgIpc) is 3.50. The van der Waals surface area contributed by atoms with Crippen molar-refractivity contribution >= 4 is 17.7 Å². The maximum Gasteiger partial charge on any atom is 0.408 e. The van der Waals surface area contributed by atoms with E-state index in [1.54, 1.807) is 6.26 Å². The van der Waals surface area contributed by atoms with Crippen LogP contribution in [0.2, 0.25) is 0 Å². The van der Waals surface area contributed by atoms with E-state index < -0.39 is 53.1 Å². The van der Waals surface area contributed by atoms with Gasteiger partial charge < -0.3 is 50.3 Å². The molecule has 2 aromatic rings. The molecule has 322 valence electrons. The average molecular weight is 823 g/mol. The number of aliphatic hydroxyl groups is 3. The largest absolute Gasteiger partial charge is 0.445 e. The summed E-state index contributed by atoms with van der Waals surface area (Å²) in [7, 11) is 0. The summed E-state index contributed by atoms with van der Waals surface area (Å²) in [5.41, 5.74) is 6.68. The Balaban J connectivity index is 0.933. The Morgan fingerprint density at radius 2 is 1.80 bits per heavy atom. The van der Waals surface area contributed by atoms with Crippen LogP contribution in [0.5, 0.6) is 0 Å². The van der Waals surface area contributed by atoms with Gasteiger partial charge in [0.15, 0.2) is 6.29 Å². The molecule has 16 heteroatoms. The van der Waals surface area contributed by atoms with Crippen molar-refractivity contribution in [2.45, 2.75) is 139 Å². The van der Waals surface area contributed by atoms with E-state index in [0.29, 0.717) is 43.7 Å². The SMILES string of the molecule is C[C@]12CC[C@H](OC3OC[C@H](NC(=O)[C@H](CCCCN)NC(=O)OCc4ccc([N+](=O)[O-])cc4)C(O)C3O)C=C1CCC1C2CC[C@]2(C)[C@@H](c3ccc(=O)oc3)CC[C@]12O. The number of carbonyl (C=O) groups excluding carboxylic acids is 2. The van der Waals surface area contributed by atoms with E-state index >= 15 is 0 Å². The van der Waals surface area contributed by atoms with Gasteiger partial charge in [-0.05, 0) is 130 Å². The lowest BCUT2D eigenvalue weighted by molar-refractivity contribution is -0.384. The minimum absolute atomic E-state index is 0.0970. The second-order valence-electron chi connectivity index (χ2n) is 17.7. The van der Waals surface area contributed by atoms with E-state index in [2.05, 4.69) is 30.6 Å². The number of nitrogens with two attached hydrogens (primary N) is 1. The third kappa shape index (κ3) is 8.44. The zero-order valence-corrected chi connectivity index (χ0v) is 33.8. The van der Waals surface area contributed by atoms with Gasteiger partial charge in [-0.2, -0.15) is 0 Å². The number of rotatable bonds is 13. The number of unbranched alkanes of at least 4 members (excludes halogenated alkanes) is 1. The van der Waals surface area contributed by atoms with Gasteiger partial charge in [0.1, 0.15) is 24.9 Å². The predicted octanol–water partition coefficient (Wildman–Crippen LogP) is 4.08. The number of nitro groups is 1. The van der Waals surface area contributed by atoms with Crippen LogP contribution < -0.4 is 22.0 Å². The molecule has 0 radical (unpaired) electrons. The first kappa shape index (κ1) is 42.9. The molecule has 0 spiro atoms. The lowest BCUT2D eigenvalue weighted by atomic mass is 9.45. The van der Waals surface area contributed by atoms with Gasteiger partial charge in [0.25, 0.3) is 5.69 Å². The third-order valence-electron chi connectivity index (χ3n) is 14.6. The number of fused-ring (bicyclic) bond motifs is 5. The Labute approximate surface area is 343 Å². The smallest absolute Gasteiger partial charge is 0.408 e. The van der Waals surface area contributed by atoms with E-state index in [9.17, 15) is 39.8 Å². The van der Waals surface area contributed by atoms with E-state index in [4.69, 9.17) is 24.4 Å². The number of non-ortho nitro benzene ring substituents is 1. The van der Waals surface area contributed by atoms with Crippen molar-refractivity contribution in [1.82, 2.24) is 10.6 Å². The molecule has 1 aromatic carbocycles. The normalized spacial score (nSPS) is 35.6. The molecule has 5 unspecified atom stereocenters. The first-order valence-electron chi connectivity index (χ1n) is 21.0. The molecule has 1 aliphatic heterocycles. The van der Waals surface area contributed by atoms with Crippen molar-refractivity contribution in [2.75, 3.05) is 13.2 Å². The molecule has 4 fully saturated rings. The fourth-order valence-electron chi connectivity index (χ4n) is 11.2. The molecule has 1 aromatic heterocycles. The lowest BCUT2D eigenvalue weighted by Gasteiger charge is -2.62. The number of ether oxygens (including phenoxy) is 3. The van der Waals surface area contributed by atoms with Crippen LogP contribution in [-0.2, 0) is 25.6 Å². The van der Waals surface area contributed by atoms with Crippen LogP contribution in [0.15, 0.2) is 63.5 Å². The molecule has 0 bridgehead atoms. The third-order valence-corrected chi connectivity index (χ3v) is 14.6. The molecule has 2 amide bonds. The molecule has 16 nitrogen and oxygen atoms in total. The highest BCUT2D eigenvalue weighted by Gasteiger charge is 2.66. The number of benzene rings is 1. The van der Waals surface area contributed by atoms with Gasteiger partial charge in [-0.3, -0.25) is 14.9 Å². The minimum atomic E-state index is -1.47. The zero-order chi connectivity index (χ0) is 42.1. The van der Waals surface area contributed by atoms with Crippen LogP contribution in [0.3, 0.4) is 0 Å². The van der Waals surface area contributed by atoms with E-state index in [1.807, 2.05) is 6.07 Å². The van der Waals surface area contributed by atoms with Gasteiger partial charge in [-0.1, -0.05) is 25.5 Å². The highest BCUT2D eigenvalue weighted by atomic mass is 16.7. The Morgan fingerprint density at radius 1 is 1.02 bits per heavy atom. The van der Waals surface area contributed by atoms with Crippen LogP contribution in [-0.4, -0.2) is 87.7 Å². The van der Waals surface area contributed by atoms with Crippen LogP contribution in [0.4, 0.5) is 10.5 Å². The van der Waals surface area contributed by atoms with Gasteiger partial charge in [0.05, 0.1) is 35.5 Å². The Kier molecular flexibility index (Phi) is 12.7. The fraction of sp³-hybridized carbons (Fsp3) is 0.651. The summed E-state index contributed by atoms with van der Waals surface area (Å²) in [5.74, 6) is -0.0595. The van der Waals surface area contributed by atoms with Crippen LogP contribution in [0.25, 0.3) is 0 Å². The predicted molar refractivity (Wildman–Crippen MR) is 213 cm³/mol. The van der Waals surface area contributed by atoms with Gasteiger partial charge in [-0.15, -0.1) is 0 Å². The summed E-state index contributed by atoms with van der Waals surface area (Å²) in [5, 5.41) is 51.1. The summed E-state index contributed by atoms with van der Waals surface area (Å²) in [6.45, 7) is 4.60. The molecule has 3 saturated carbocycles. The molecule has 12 atom stereocenters. The van der Waals surface area contributed by atoms with Gasteiger partial charge in [0, 0.05) is 23.6 Å². The lowest BCUT2D eigenvalue weighted by Crippen LogP contribution is -2.62. The second kappa shape index (κ2) is 17.4. The number of alkyl carbamates (subject to hydrolysis) is 1. The highest BCUT2D eigenvalue weighted by Crippen LogP contribution is 2.70. The fourth-order valence-corrected chi connectivity index (χ4v) is 11.2. The minimum Gasteiger partial charge on any atom is -0.445 e. The van der Waals surface area contributed by atoms with Crippen molar-refractivity contribution < 1.29 is 48.5 Å². The first-order chi connectivity index (χ1) is 28.2. The molecular formula is C43H58N4O12. The molecule has 5 aliphatic rings. The number of hydrogen-bond acceptors (Lipinski definition) is 13. The molecule has 7 rings (SSSR count). The van der Waals surface area contributed by atoms with E-state index in [0.717, 1.165) is 44.1 Å². The zero-order valence-electron chi connectivity index (χ0n) is 33.8. The standard InChI is InChI=1S/C43H58N4O12/c1-41-17-14-29(21-27(41)9-12-32-31(41)15-18-42(2)30(16-19-43(32,42)53)26-8-13-35(48)56-23-26)59-39-37(50)36(49)34(24-57-39)45-38(51)33(5-3-4-20-44)46-40(52)58-22-25-6-10-28(11-7-25)47(54)55/h6-8,10-11,13,21,23,29-34,36-37,39,49-50,53H,3-5,9,12,14-20,22,24,44H2,1-2H3,(H,45,51)(H,46,52)/t29-,30+,31?,32?,33-,34-,36?,37?,39?,41-,42+,43-/m0/s1. The van der Waals surface area contributed by atoms with Crippen molar-refractivity contribution in [3.05, 3.63) is 86.0 Å². The van der Waals surface area contributed by atoms with E-state index in [1.165, 1.54) is 35.9 Å². The molecule has 1 saturated heterocycles. The molecule has 4 aliphatic carbocycles. The van der Waals surface area contributed by atoms with Gasteiger partial charge in [-0.25, -0.2) is 9.59 Å². The number of nitrogens with zero attached hydrogens (tertiary/aromatic N) is 1. The van der Waals surface area contributed by atoms with Crippen molar-refractivity contribution in [3.8, 4) is 0 Å². The summed E-state index contributed by atoms with van der Waals surface area (Å²) < 4.78 is 22.7. The molecule has 7 N–H and O–H groups in total. The Morgan fingerprint density at radius 3 is 2.51 bits per heavy atom. The quantitative estimate of drug-likeness (QED) is 0.0723. The van der Waals surface area contributed by atoms with Crippen molar-refractivity contribution in [2.24, 2.45) is 28.4 Å². The number of nitrogens with one attached hydrogen (secondary N) is 2.